The number of nitrogens with one attached hydrogen (secondary N) is 1. The van der Waals surface area contributed by atoms with E-state index in [9.17, 15) is 4.79 Å². The molecule has 3 heteroatoms. The molecular formula is C16H26BrNO. The number of amides is 1. The van der Waals surface area contributed by atoms with Gasteiger partial charge in [0.05, 0.1) is 0 Å². The summed E-state index contributed by atoms with van der Waals surface area (Å²) in [5.41, 5.74) is 0. The molecule has 0 aromatic carbocycles. The summed E-state index contributed by atoms with van der Waals surface area (Å²) in [5.74, 6) is 4.79. The molecule has 0 spiro atoms. The third kappa shape index (κ3) is 2.59. The van der Waals surface area contributed by atoms with Gasteiger partial charge in [-0.3, -0.25) is 4.79 Å². The van der Waals surface area contributed by atoms with E-state index in [1.807, 2.05) is 0 Å². The molecule has 3 fully saturated rings. The Labute approximate surface area is 125 Å². The van der Waals surface area contributed by atoms with E-state index < -0.39 is 0 Å². The first-order valence-corrected chi connectivity index (χ1v) is 9.22. The van der Waals surface area contributed by atoms with Gasteiger partial charge in [0, 0.05) is 17.8 Å². The quantitative estimate of drug-likeness (QED) is 0.711. The molecule has 19 heavy (non-hydrogen) atoms. The van der Waals surface area contributed by atoms with Gasteiger partial charge in [0.1, 0.15) is 0 Å². The average Bonchev–Trinajstić information content (AvgIpc) is 2.85. The van der Waals surface area contributed by atoms with Gasteiger partial charge in [-0.2, -0.15) is 0 Å². The van der Waals surface area contributed by atoms with Crippen molar-refractivity contribution in [2.75, 3.05) is 11.9 Å². The maximum absolute atomic E-state index is 12.3. The highest BCUT2D eigenvalue weighted by Crippen LogP contribution is 2.69. The Morgan fingerprint density at radius 1 is 1.26 bits per heavy atom. The normalized spacial score (nSPS) is 40.0. The van der Waals surface area contributed by atoms with Gasteiger partial charge in [-0.15, -0.1) is 0 Å². The smallest absolute Gasteiger partial charge is 0.223 e. The second-order valence-corrected chi connectivity index (χ2v) is 7.68. The van der Waals surface area contributed by atoms with E-state index in [1.54, 1.807) is 0 Å². The lowest BCUT2D eigenvalue weighted by Gasteiger charge is -2.16. The summed E-state index contributed by atoms with van der Waals surface area (Å²) in [6.45, 7) is 3.12. The maximum atomic E-state index is 12.3. The molecule has 3 aliphatic rings. The highest BCUT2D eigenvalue weighted by atomic mass is 79.9. The van der Waals surface area contributed by atoms with Crippen LogP contribution in [0.1, 0.15) is 45.4 Å². The van der Waals surface area contributed by atoms with Gasteiger partial charge in [-0.25, -0.2) is 0 Å². The van der Waals surface area contributed by atoms with Crippen LogP contribution in [0.3, 0.4) is 0 Å². The van der Waals surface area contributed by atoms with E-state index in [4.69, 9.17) is 0 Å². The first-order chi connectivity index (χ1) is 9.26. The monoisotopic (exact) mass is 327 g/mol. The number of hydrogen-bond acceptors (Lipinski definition) is 1. The molecule has 0 saturated heterocycles. The Kier molecular flexibility index (Phi) is 4.21. The summed E-state index contributed by atoms with van der Waals surface area (Å²) in [6, 6.07) is 0. The molecule has 0 aliphatic heterocycles. The van der Waals surface area contributed by atoms with Crippen molar-refractivity contribution in [1.82, 2.24) is 5.32 Å². The second kappa shape index (κ2) is 5.75. The fraction of sp³-hybridized carbons (Fsp3) is 0.938. The molecule has 0 aromatic rings. The zero-order chi connectivity index (χ0) is 13.4. The SMILES string of the molecule is CCCC(CCBr)CNC(=O)C1C2C3CCC(C3)C12. The molecule has 2 bridgehead atoms. The van der Waals surface area contributed by atoms with Gasteiger partial charge in [0.15, 0.2) is 0 Å². The molecule has 1 N–H and O–H groups in total. The van der Waals surface area contributed by atoms with E-state index in [-0.39, 0.29) is 0 Å². The highest BCUT2D eigenvalue weighted by Gasteiger charge is 2.67. The van der Waals surface area contributed by atoms with Crippen LogP contribution in [0.4, 0.5) is 0 Å². The summed E-state index contributed by atoms with van der Waals surface area (Å²) in [6.07, 6.45) is 7.86. The lowest BCUT2D eigenvalue weighted by Crippen LogP contribution is -2.32. The molecule has 3 aliphatic carbocycles. The lowest BCUT2D eigenvalue weighted by atomic mass is 9.99. The second-order valence-electron chi connectivity index (χ2n) is 6.89. The summed E-state index contributed by atoms with van der Waals surface area (Å²) < 4.78 is 0. The first kappa shape index (κ1) is 13.9. The van der Waals surface area contributed by atoms with Crippen LogP contribution < -0.4 is 5.32 Å². The molecule has 0 aromatic heterocycles. The highest BCUT2D eigenvalue weighted by molar-refractivity contribution is 9.09. The minimum Gasteiger partial charge on any atom is -0.356 e. The van der Waals surface area contributed by atoms with Gasteiger partial charge < -0.3 is 5.32 Å². The minimum absolute atomic E-state index is 0.377. The standard InChI is InChI=1S/C16H26BrNO/c1-2-3-10(6-7-17)9-18-16(19)15-13-11-4-5-12(8-11)14(13)15/h10-15H,2-9H2,1H3,(H,18,19). The van der Waals surface area contributed by atoms with Crippen LogP contribution in [-0.2, 0) is 4.79 Å². The Bertz CT molecular complexity index is 324. The van der Waals surface area contributed by atoms with E-state index in [2.05, 4.69) is 28.2 Å². The van der Waals surface area contributed by atoms with Crippen LogP contribution in [-0.4, -0.2) is 17.8 Å². The van der Waals surface area contributed by atoms with Crippen molar-refractivity contribution in [3.8, 4) is 0 Å². The number of halogens is 1. The number of fused-ring (bicyclic) bond motifs is 5. The van der Waals surface area contributed by atoms with E-state index in [1.165, 1.54) is 38.5 Å². The summed E-state index contributed by atoms with van der Waals surface area (Å²) >= 11 is 3.52. The third-order valence-electron chi connectivity index (χ3n) is 5.82. The molecule has 0 radical (unpaired) electrons. The Morgan fingerprint density at radius 3 is 2.53 bits per heavy atom. The maximum Gasteiger partial charge on any atom is 0.223 e. The van der Waals surface area contributed by atoms with Crippen molar-refractivity contribution >= 4 is 21.8 Å². The Hall–Kier alpha value is -0.0500. The predicted molar refractivity (Wildman–Crippen MR) is 81.1 cm³/mol. The van der Waals surface area contributed by atoms with Gasteiger partial charge in [-0.05, 0) is 61.7 Å². The fourth-order valence-electron chi connectivity index (χ4n) is 4.95. The van der Waals surface area contributed by atoms with E-state index >= 15 is 0 Å². The first-order valence-electron chi connectivity index (χ1n) is 8.10. The summed E-state index contributed by atoms with van der Waals surface area (Å²) in [7, 11) is 0. The Balaban J connectivity index is 1.45. The average molecular weight is 328 g/mol. The van der Waals surface area contributed by atoms with Crippen LogP contribution in [0.5, 0.6) is 0 Å². The van der Waals surface area contributed by atoms with Crippen molar-refractivity contribution in [3.05, 3.63) is 0 Å². The van der Waals surface area contributed by atoms with Crippen molar-refractivity contribution < 1.29 is 4.79 Å². The molecular weight excluding hydrogens is 302 g/mol. The molecule has 3 saturated carbocycles. The van der Waals surface area contributed by atoms with Gasteiger partial charge in [-0.1, -0.05) is 29.3 Å². The van der Waals surface area contributed by atoms with Crippen molar-refractivity contribution in [2.24, 2.45) is 35.5 Å². The minimum atomic E-state index is 0.377. The largest absolute Gasteiger partial charge is 0.356 e. The van der Waals surface area contributed by atoms with Crippen molar-refractivity contribution in [2.45, 2.75) is 45.4 Å². The van der Waals surface area contributed by atoms with E-state index in [0.717, 1.165) is 35.5 Å². The van der Waals surface area contributed by atoms with Crippen LogP contribution in [0.25, 0.3) is 0 Å². The predicted octanol–water partition coefficient (Wildman–Crippen LogP) is 3.60. The summed E-state index contributed by atoms with van der Waals surface area (Å²) in [5, 5.41) is 4.30. The van der Waals surface area contributed by atoms with Gasteiger partial charge in [0.25, 0.3) is 0 Å². The third-order valence-corrected chi connectivity index (χ3v) is 6.28. The van der Waals surface area contributed by atoms with Crippen LogP contribution >= 0.6 is 15.9 Å². The molecule has 3 rings (SSSR count). The number of rotatable bonds is 7. The lowest BCUT2D eigenvalue weighted by molar-refractivity contribution is -0.123. The molecule has 2 nitrogen and oxygen atoms in total. The number of carbonyl (C=O) groups is 1. The molecule has 1 amide bonds. The zero-order valence-corrected chi connectivity index (χ0v) is 13.5. The molecule has 5 unspecified atom stereocenters. The molecule has 108 valence electrons. The van der Waals surface area contributed by atoms with Crippen LogP contribution in [0.2, 0.25) is 0 Å². The summed E-state index contributed by atoms with van der Waals surface area (Å²) in [4.78, 5) is 12.3. The topological polar surface area (TPSA) is 29.1 Å². The molecule has 0 heterocycles. The Morgan fingerprint density at radius 2 is 1.95 bits per heavy atom. The van der Waals surface area contributed by atoms with E-state index in [0.29, 0.717) is 17.7 Å². The van der Waals surface area contributed by atoms with Gasteiger partial charge >= 0.3 is 0 Å². The van der Waals surface area contributed by atoms with Gasteiger partial charge in [0.2, 0.25) is 5.91 Å². The number of hydrogen-bond donors (Lipinski definition) is 1. The zero-order valence-electron chi connectivity index (χ0n) is 11.9. The van der Waals surface area contributed by atoms with Crippen molar-refractivity contribution in [1.29, 1.82) is 0 Å². The fourth-order valence-corrected chi connectivity index (χ4v) is 5.60. The van der Waals surface area contributed by atoms with Crippen LogP contribution in [0, 0.1) is 35.5 Å². The van der Waals surface area contributed by atoms with Crippen molar-refractivity contribution in [3.63, 3.8) is 0 Å². The molecule has 5 atom stereocenters. The number of carbonyl (C=O) groups excluding carboxylic acids is 1. The number of alkyl halides is 1. The van der Waals surface area contributed by atoms with Crippen LogP contribution in [0.15, 0.2) is 0 Å².